The standard InChI is InChI=1S/C13H16N2O/c14-10-5-6-12-9(7-10)8-15(13(12)16)11-3-1-2-4-11/h5-7,11H,1-4,8,14H2. The molecular formula is C13H16N2O. The molecule has 1 aromatic carbocycles. The van der Waals surface area contributed by atoms with Crippen LogP contribution in [0.2, 0.25) is 0 Å². The number of anilines is 1. The summed E-state index contributed by atoms with van der Waals surface area (Å²) in [6.45, 7) is 0.754. The van der Waals surface area contributed by atoms with Crippen molar-refractivity contribution in [1.29, 1.82) is 0 Å². The molecule has 0 bridgehead atoms. The number of hydrogen-bond donors (Lipinski definition) is 1. The van der Waals surface area contributed by atoms with Crippen molar-refractivity contribution in [2.45, 2.75) is 38.3 Å². The van der Waals surface area contributed by atoms with Gasteiger partial charge in [0.15, 0.2) is 0 Å². The van der Waals surface area contributed by atoms with Gasteiger partial charge in [0.05, 0.1) is 0 Å². The predicted molar refractivity (Wildman–Crippen MR) is 63.0 cm³/mol. The van der Waals surface area contributed by atoms with Crippen LogP contribution in [-0.2, 0) is 6.54 Å². The van der Waals surface area contributed by atoms with Crippen molar-refractivity contribution < 1.29 is 4.79 Å². The number of nitrogens with zero attached hydrogens (tertiary/aromatic N) is 1. The SMILES string of the molecule is Nc1ccc2c(c1)CN(C1CCCC1)C2=O. The first-order valence-electron chi connectivity index (χ1n) is 5.95. The van der Waals surface area contributed by atoms with E-state index in [0.29, 0.717) is 6.04 Å². The first kappa shape index (κ1) is 9.70. The van der Waals surface area contributed by atoms with Crippen LogP contribution in [0.1, 0.15) is 41.6 Å². The highest BCUT2D eigenvalue weighted by Gasteiger charge is 2.33. The van der Waals surface area contributed by atoms with Gasteiger partial charge in [-0.3, -0.25) is 4.79 Å². The van der Waals surface area contributed by atoms with E-state index in [1.54, 1.807) is 0 Å². The molecule has 0 unspecified atom stereocenters. The van der Waals surface area contributed by atoms with Gasteiger partial charge in [0, 0.05) is 23.8 Å². The lowest BCUT2D eigenvalue weighted by molar-refractivity contribution is 0.0707. The van der Waals surface area contributed by atoms with E-state index in [9.17, 15) is 4.79 Å². The number of hydrogen-bond acceptors (Lipinski definition) is 2. The van der Waals surface area contributed by atoms with Gasteiger partial charge in [-0.2, -0.15) is 0 Å². The highest BCUT2D eigenvalue weighted by atomic mass is 16.2. The van der Waals surface area contributed by atoms with E-state index in [0.717, 1.165) is 36.2 Å². The average molecular weight is 216 g/mol. The van der Waals surface area contributed by atoms with Gasteiger partial charge in [0.1, 0.15) is 0 Å². The summed E-state index contributed by atoms with van der Waals surface area (Å²) in [5, 5.41) is 0. The number of fused-ring (bicyclic) bond motifs is 1. The Hall–Kier alpha value is -1.51. The van der Waals surface area contributed by atoms with E-state index < -0.39 is 0 Å². The summed E-state index contributed by atoms with van der Waals surface area (Å²) in [5.74, 6) is 0.196. The number of benzene rings is 1. The van der Waals surface area contributed by atoms with Crippen LogP contribution in [0, 0.1) is 0 Å². The van der Waals surface area contributed by atoms with Gasteiger partial charge in [-0.1, -0.05) is 12.8 Å². The molecule has 2 N–H and O–H groups in total. The molecule has 1 saturated carbocycles. The van der Waals surface area contributed by atoms with Crippen LogP contribution in [0.3, 0.4) is 0 Å². The predicted octanol–water partition coefficient (Wildman–Crippen LogP) is 2.17. The van der Waals surface area contributed by atoms with Gasteiger partial charge >= 0.3 is 0 Å². The fraction of sp³-hybridized carbons (Fsp3) is 0.462. The fourth-order valence-electron chi connectivity index (χ4n) is 2.87. The lowest BCUT2D eigenvalue weighted by Crippen LogP contribution is -2.33. The van der Waals surface area contributed by atoms with Crippen LogP contribution in [-0.4, -0.2) is 16.8 Å². The molecule has 1 heterocycles. The summed E-state index contributed by atoms with van der Waals surface area (Å²) in [4.78, 5) is 14.2. The molecule has 1 aliphatic heterocycles. The summed E-state index contributed by atoms with van der Waals surface area (Å²) in [6, 6.07) is 6.07. The molecule has 0 radical (unpaired) electrons. The monoisotopic (exact) mass is 216 g/mol. The zero-order chi connectivity index (χ0) is 11.1. The summed E-state index contributed by atoms with van der Waals surface area (Å²) >= 11 is 0. The molecule has 1 aliphatic carbocycles. The molecule has 0 spiro atoms. The quantitative estimate of drug-likeness (QED) is 0.731. The van der Waals surface area contributed by atoms with Gasteiger partial charge in [0.2, 0.25) is 0 Å². The summed E-state index contributed by atoms with van der Waals surface area (Å²) in [5.41, 5.74) is 8.44. The molecular weight excluding hydrogens is 200 g/mol. The highest BCUT2D eigenvalue weighted by molar-refractivity contribution is 5.99. The summed E-state index contributed by atoms with van der Waals surface area (Å²) in [7, 11) is 0. The van der Waals surface area contributed by atoms with Crippen LogP contribution in [0.5, 0.6) is 0 Å². The van der Waals surface area contributed by atoms with Crippen molar-refractivity contribution in [2.75, 3.05) is 5.73 Å². The number of amides is 1. The van der Waals surface area contributed by atoms with Crippen molar-refractivity contribution in [2.24, 2.45) is 0 Å². The molecule has 0 saturated heterocycles. The molecule has 0 aromatic heterocycles. The molecule has 2 aliphatic rings. The third-order valence-corrected chi connectivity index (χ3v) is 3.73. The normalized spacial score (nSPS) is 20.5. The number of rotatable bonds is 1. The van der Waals surface area contributed by atoms with Gasteiger partial charge in [0.25, 0.3) is 5.91 Å². The van der Waals surface area contributed by atoms with Gasteiger partial charge in [-0.25, -0.2) is 0 Å². The molecule has 0 atom stereocenters. The van der Waals surface area contributed by atoms with Crippen LogP contribution in [0.15, 0.2) is 18.2 Å². The van der Waals surface area contributed by atoms with Crippen molar-refractivity contribution in [3.8, 4) is 0 Å². The van der Waals surface area contributed by atoms with Crippen molar-refractivity contribution in [1.82, 2.24) is 4.90 Å². The smallest absolute Gasteiger partial charge is 0.254 e. The zero-order valence-corrected chi connectivity index (χ0v) is 9.28. The van der Waals surface area contributed by atoms with E-state index in [4.69, 9.17) is 5.73 Å². The van der Waals surface area contributed by atoms with E-state index in [1.165, 1.54) is 12.8 Å². The van der Waals surface area contributed by atoms with Crippen molar-refractivity contribution in [3.05, 3.63) is 29.3 Å². The minimum absolute atomic E-state index is 0.196. The number of carbonyl (C=O) groups excluding carboxylic acids is 1. The zero-order valence-electron chi connectivity index (χ0n) is 9.28. The van der Waals surface area contributed by atoms with Gasteiger partial charge in [-0.05, 0) is 36.6 Å². The number of nitrogen functional groups attached to an aromatic ring is 1. The number of carbonyl (C=O) groups is 1. The Labute approximate surface area is 95.2 Å². The van der Waals surface area contributed by atoms with Crippen LogP contribution in [0.4, 0.5) is 5.69 Å². The van der Waals surface area contributed by atoms with E-state index in [2.05, 4.69) is 0 Å². The molecule has 3 nitrogen and oxygen atoms in total. The molecule has 1 amide bonds. The first-order chi connectivity index (χ1) is 7.75. The Morgan fingerprint density at radius 3 is 2.75 bits per heavy atom. The van der Waals surface area contributed by atoms with Crippen molar-refractivity contribution in [3.63, 3.8) is 0 Å². The summed E-state index contributed by atoms with van der Waals surface area (Å²) < 4.78 is 0. The molecule has 84 valence electrons. The van der Waals surface area contributed by atoms with Crippen LogP contribution in [0.25, 0.3) is 0 Å². The van der Waals surface area contributed by atoms with E-state index >= 15 is 0 Å². The van der Waals surface area contributed by atoms with E-state index in [-0.39, 0.29) is 5.91 Å². The molecule has 1 aromatic rings. The maximum Gasteiger partial charge on any atom is 0.254 e. The molecule has 1 fully saturated rings. The Kier molecular flexibility index (Phi) is 2.13. The molecule has 16 heavy (non-hydrogen) atoms. The Bertz CT molecular complexity index is 436. The highest BCUT2D eigenvalue weighted by Crippen LogP contribution is 2.32. The maximum absolute atomic E-state index is 12.2. The number of nitrogens with two attached hydrogens (primary N) is 1. The largest absolute Gasteiger partial charge is 0.399 e. The maximum atomic E-state index is 12.2. The minimum atomic E-state index is 0.196. The molecule has 3 heteroatoms. The fourth-order valence-corrected chi connectivity index (χ4v) is 2.87. The lowest BCUT2D eigenvalue weighted by Gasteiger charge is -2.23. The Morgan fingerprint density at radius 1 is 1.25 bits per heavy atom. The van der Waals surface area contributed by atoms with Crippen LogP contribution < -0.4 is 5.73 Å². The van der Waals surface area contributed by atoms with Crippen LogP contribution >= 0.6 is 0 Å². The lowest BCUT2D eigenvalue weighted by atomic mass is 10.1. The average Bonchev–Trinajstić information content (AvgIpc) is 2.86. The topological polar surface area (TPSA) is 46.3 Å². The molecule has 3 rings (SSSR count). The third kappa shape index (κ3) is 1.39. The third-order valence-electron chi connectivity index (χ3n) is 3.73. The minimum Gasteiger partial charge on any atom is -0.399 e. The Balaban J connectivity index is 1.90. The second kappa shape index (κ2) is 3.51. The first-order valence-corrected chi connectivity index (χ1v) is 5.95. The summed E-state index contributed by atoms with van der Waals surface area (Å²) in [6.07, 6.45) is 4.84. The second-order valence-corrected chi connectivity index (χ2v) is 4.79. The second-order valence-electron chi connectivity index (χ2n) is 4.79. The Morgan fingerprint density at radius 2 is 2.00 bits per heavy atom. The van der Waals surface area contributed by atoms with E-state index in [1.807, 2.05) is 23.1 Å². The van der Waals surface area contributed by atoms with Gasteiger partial charge < -0.3 is 10.6 Å². The van der Waals surface area contributed by atoms with Gasteiger partial charge in [-0.15, -0.1) is 0 Å². The van der Waals surface area contributed by atoms with Crippen molar-refractivity contribution >= 4 is 11.6 Å².